The first-order chi connectivity index (χ1) is 8.74. The van der Waals surface area contributed by atoms with E-state index < -0.39 is 0 Å². The van der Waals surface area contributed by atoms with Crippen LogP contribution in [0.1, 0.15) is 62.8 Å². The van der Waals surface area contributed by atoms with E-state index in [1.54, 1.807) is 0 Å². The van der Waals surface area contributed by atoms with E-state index in [0.29, 0.717) is 5.69 Å². The van der Waals surface area contributed by atoms with Gasteiger partial charge in [-0.05, 0) is 6.42 Å². The maximum absolute atomic E-state index is 11.2. The number of H-pyrrole nitrogens is 1. The first kappa shape index (κ1) is 20.4. The van der Waals surface area contributed by atoms with Gasteiger partial charge in [-0.15, -0.1) is 0 Å². The summed E-state index contributed by atoms with van der Waals surface area (Å²) in [6.45, 7) is 15.0. The maximum atomic E-state index is 11.2. The van der Waals surface area contributed by atoms with Gasteiger partial charge in [0.15, 0.2) is 5.78 Å². The molecule has 1 heterocycles. The van der Waals surface area contributed by atoms with Gasteiger partial charge >= 0.3 is 21.1 Å². The number of nitrogens with zero attached hydrogens (tertiary/aromatic N) is 1. The smallest absolute Gasteiger partial charge is 0.361 e. The minimum absolute atomic E-state index is 0. The second kappa shape index (κ2) is 10.9. The molecule has 0 amide bonds. The molecule has 19 heavy (non-hydrogen) atoms. The Bertz CT molecular complexity index is 433. The van der Waals surface area contributed by atoms with Crippen molar-refractivity contribution in [1.29, 1.82) is 0 Å². The summed E-state index contributed by atoms with van der Waals surface area (Å²) < 4.78 is 0. The number of allylic oxidation sites excluding steroid dienone is 3. The molecule has 0 saturated carbocycles. The van der Waals surface area contributed by atoms with Gasteiger partial charge in [0.25, 0.3) is 0 Å². The molecule has 0 aliphatic heterocycles. The zero-order chi connectivity index (χ0) is 14.1. The molecule has 1 aromatic heterocycles. The molecule has 0 spiro atoms. The van der Waals surface area contributed by atoms with Crippen LogP contribution in [0.2, 0.25) is 0 Å². The first-order valence-electron chi connectivity index (χ1n) is 6.48. The third-order valence-corrected chi connectivity index (χ3v) is 2.33. The average Bonchev–Trinajstić information content (AvgIpc) is 2.87. The van der Waals surface area contributed by atoms with Crippen molar-refractivity contribution in [2.45, 2.75) is 47.5 Å². The molecule has 0 unspecified atom stereocenters. The number of fused-ring (bicyclic) bond motifs is 1. The Labute approximate surface area is 130 Å². The molecule has 4 heteroatoms. The van der Waals surface area contributed by atoms with E-state index in [4.69, 9.17) is 6.58 Å². The van der Waals surface area contributed by atoms with Crippen LogP contribution in [0.25, 0.3) is 5.57 Å². The Hall–Kier alpha value is -0.952. The van der Waals surface area contributed by atoms with Crippen molar-refractivity contribution >= 4 is 11.4 Å². The molecule has 1 aliphatic carbocycles. The Balaban J connectivity index is 0. The number of hydrogen-bond acceptors (Lipinski definition) is 2. The molecule has 1 aliphatic rings. The molecule has 0 saturated heterocycles. The normalized spacial score (nSPS) is 11.3. The van der Waals surface area contributed by atoms with Gasteiger partial charge in [0, 0.05) is 6.92 Å². The Morgan fingerprint density at radius 1 is 1.37 bits per heavy atom. The monoisotopic (exact) mass is 430 g/mol. The van der Waals surface area contributed by atoms with E-state index in [-0.39, 0.29) is 26.8 Å². The van der Waals surface area contributed by atoms with Gasteiger partial charge in [-0.25, -0.2) is 0 Å². The predicted molar refractivity (Wildman–Crippen MR) is 75.1 cm³/mol. The predicted octanol–water partition coefficient (Wildman–Crippen LogP) is 3.78. The van der Waals surface area contributed by atoms with Gasteiger partial charge in [-0.1, -0.05) is 45.4 Å². The van der Waals surface area contributed by atoms with Crippen LogP contribution in [0.3, 0.4) is 0 Å². The van der Waals surface area contributed by atoms with E-state index in [1.165, 1.54) is 13.0 Å². The van der Waals surface area contributed by atoms with Crippen molar-refractivity contribution in [2.24, 2.45) is 0 Å². The van der Waals surface area contributed by atoms with Crippen molar-refractivity contribution in [3.8, 4) is 0 Å². The molecule has 0 aromatic carbocycles. The molecule has 0 fully saturated rings. The fourth-order valence-electron chi connectivity index (χ4n) is 1.67. The van der Waals surface area contributed by atoms with E-state index >= 15 is 0 Å². The van der Waals surface area contributed by atoms with Crippen LogP contribution < -0.4 is 0 Å². The quantitative estimate of drug-likeness (QED) is 0.574. The van der Waals surface area contributed by atoms with Crippen molar-refractivity contribution < 1.29 is 25.9 Å². The Morgan fingerprint density at radius 2 is 1.95 bits per heavy atom. The Kier molecular flexibility index (Phi) is 11.7. The van der Waals surface area contributed by atoms with Crippen LogP contribution >= 0.6 is 0 Å². The van der Waals surface area contributed by atoms with E-state index in [0.717, 1.165) is 29.7 Å². The minimum Gasteiger partial charge on any atom is -0.361 e. The summed E-state index contributed by atoms with van der Waals surface area (Å²) in [5, 5.41) is 6.82. The fourth-order valence-corrected chi connectivity index (χ4v) is 1.67. The molecule has 0 bridgehead atoms. The number of rotatable bonds is 2. The van der Waals surface area contributed by atoms with E-state index in [2.05, 4.69) is 16.3 Å². The third-order valence-electron chi connectivity index (χ3n) is 2.33. The molecule has 1 aromatic rings. The zero-order valence-corrected chi connectivity index (χ0v) is 15.3. The number of hydrogen-bond donors (Lipinski definition) is 1. The molecular weight excluding hydrogens is 408 g/mol. The second-order valence-electron chi connectivity index (χ2n) is 3.24. The van der Waals surface area contributed by atoms with Gasteiger partial charge in [-0.2, -0.15) is 0 Å². The molecule has 1 N–H and O–H groups in total. The SMILES string of the molecule is CC.CC.[CH-]=CC1=[C-]CCc2c1n[nH]c2C(C)=O.[W+2]. The number of aromatic nitrogens is 2. The maximum Gasteiger partial charge on any atom is 2.00 e. The number of nitrogens with one attached hydrogen (secondary N) is 1. The number of carbonyl (C=O) groups is 1. The molecule has 2 rings (SSSR count). The summed E-state index contributed by atoms with van der Waals surface area (Å²) in [5.41, 5.74) is 3.12. The van der Waals surface area contributed by atoms with Gasteiger partial charge in [0.1, 0.15) is 0 Å². The van der Waals surface area contributed by atoms with Crippen LogP contribution in [-0.4, -0.2) is 16.0 Å². The number of carbonyl (C=O) groups excluding carboxylic acids is 1. The number of aromatic amines is 1. The Morgan fingerprint density at radius 3 is 2.42 bits per heavy atom. The molecule has 104 valence electrons. The summed E-state index contributed by atoms with van der Waals surface area (Å²) in [4.78, 5) is 11.2. The van der Waals surface area contributed by atoms with Crippen molar-refractivity contribution in [3.05, 3.63) is 35.7 Å². The first-order valence-corrected chi connectivity index (χ1v) is 6.48. The van der Waals surface area contributed by atoms with Gasteiger partial charge < -0.3 is 18.2 Å². The number of ketones is 1. The summed E-state index contributed by atoms with van der Waals surface area (Å²) in [7, 11) is 0. The van der Waals surface area contributed by atoms with Gasteiger partial charge in [0.2, 0.25) is 0 Å². The van der Waals surface area contributed by atoms with Crippen molar-refractivity contribution in [3.63, 3.8) is 0 Å². The van der Waals surface area contributed by atoms with Crippen molar-refractivity contribution in [1.82, 2.24) is 10.2 Å². The van der Waals surface area contributed by atoms with Gasteiger partial charge in [0.05, 0.1) is 5.69 Å². The van der Waals surface area contributed by atoms with E-state index in [9.17, 15) is 4.79 Å². The molecule has 0 radical (unpaired) electrons. The standard InChI is InChI=1S/C11H10N2O.2C2H6.W/c1-3-8-5-4-6-9-10(7(2)14)12-13-11(8)9;2*1-2;/h1,3H,4,6H2,2H3,(H,12,13);2*1-2H3;/q-2;;;+2. The van der Waals surface area contributed by atoms with Crippen LogP contribution in [0.15, 0.2) is 6.08 Å². The van der Waals surface area contributed by atoms with Crippen LogP contribution in [0, 0.1) is 12.7 Å². The van der Waals surface area contributed by atoms with Crippen LogP contribution in [0.4, 0.5) is 0 Å². The van der Waals surface area contributed by atoms with Gasteiger partial charge in [-0.3, -0.25) is 21.1 Å². The zero-order valence-electron chi connectivity index (χ0n) is 12.3. The van der Waals surface area contributed by atoms with E-state index in [1.807, 2.05) is 27.7 Å². The average molecular weight is 430 g/mol. The molecular formula is C15H22N2OW. The number of Topliss-reactive ketones (excluding diaryl/α,β-unsaturated/α-hetero) is 1. The van der Waals surface area contributed by atoms with Crippen LogP contribution in [-0.2, 0) is 27.5 Å². The van der Waals surface area contributed by atoms with Crippen LogP contribution in [0.5, 0.6) is 0 Å². The minimum atomic E-state index is 0. The second-order valence-corrected chi connectivity index (χ2v) is 3.24. The van der Waals surface area contributed by atoms with Crippen molar-refractivity contribution in [2.75, 3.05) is 0 Å². The molecule has 0 atom stereocenters. The summed E-state index contributed by atoms with van der Waals surface area (Å²) in [6.07, 6.45) is 6.19. The molecule has 3 nitrogen and oxygen atoms in total. The topological polar surface area (TPSA) is 45.8 Å². The fraction of sp³-hybridized carbons (Fsp3) is 0.467. The summed E-state index contributed by atoms with van der Waals surface area (Å²) in [6, 6.07) is 0. The largest absolute Gasteiger partial charge is 2.00 e. The summed E-state index contributed by atoms with van der Waals surface area (Å²) >= 11 is 0. The third kappa shape index (κ3) is 4.91. The summed E-state index contributed by atoms with van der Waals surface area (Å²) in [5.74, 6) is 0.0111.